The van der Waals surface area contributed by atoms with Crippen LogP contribution in [0.25, 0.3) is 22.4 Å². The minimum Gasteiger partial charge on any atom is -0.336 e. The molecule has 3 aromatic rings. The molecule has 1 aromatic heterocycles. The van der Waals surface area contributed by atoms with Gasteiger partial charge in [0.2, 0.25) is 0 Å². The van der Waals surface area contributed by atoms with Crippen molar-refractivity contribution < 1.29 is 4.79 Å². The molecule has 188 valence electrons. The lowest BCUT2D eigenvalue weighted by Crippen LogP contribution is -2.45. The van der Waals surface area contributed by atoms with Gasteiger partial charge < -0.3 is 5.32 Å². The van der Waals surface area contributed by atoms with Crippen LogP contribution in [0.15, 0.2) is 48.7 Å². The third-order valence-corrected chi connectivity index (χ3v) is 9.48. The lowest BCUT2D eigenvalue weighted by atomic mass is 9.51. The molecule has 36 heavy (non-hydrogen) atoms. The third kappa shape index (κ3) is 4.80. The summed E-state index contributed by atoms with van der Waals surface area (Å²) in [4.78, 5) is 13.1. The molecule has 0 atom stereocenters. The van der Waals surface area contributed by atoms with Crippen molar-refractivity contribution in [2.45, 2.75) is 44.9 Å². The number of carbonyl (C=O) groups excluding carboxylic acids is 1. The molecule has 0 spiro atoms. The van der Waals surface area contributed by atoms with Crippen molar-refractivity contribution >= 4 is 40.8 Å². The second-order valence-electron chi connectivity index (χ2n) is 10.9. The van der Waals surface area contributed by atoms with Crippen molar-refractivity contribution in [3.63, 3.8) is 0 Å². The van der Waals surface area contributed by atoms with Crippen LogP contribution in [0.5, 0.6) is 0 Å². The molecule has 0 saturated heterocycles. The fraction of sp³-hybridized carbons (Fsp3) is 0.448. The summed E-state index contributed by atoms with van der Waals surface area (Å²) < 4.78 is 1.38. The van der Waals surface area contributed by atoms with E-state index in [4.69, 9.17) is 34.8 Å². The van der Waals surface area contributed by atoms with Gasteiger partial charge in [0, 0.05) is 33.9 Å². The van der Waals surface area contributed by atoms with Crippen molar-refractivity contribution in [2.75, 3.05) is 6.54 Å². The van der Waals surface area contributed by atoms with Crippen molar-refractivity contribution in [2.24, 2.45) is 29.6 Å². The largest absolute Gasteiger partial charge is 0.342 e. The van der Waals surface area contributed by atoms with Crippen LogP contribution in [-0.2, 0) is 0 Å². The van der Waals surface area contributed by atoms with Crippen molar-refractivity contribution in [3.8, 4) is 22.4 Å². The Morgan fingerprint density at radius 2 is 1.56 bits per heavy atom. The Morgan fingerprint density at radius 1 is 0.889 bits per heavy atom. The van der Waals surface area contributed by atoms with Gasteiger partial charge in [-0.25, -0.2) is 4.79 Å². The predicted molar refractivity (Wildman–Crippen MR) is 147 cm³/mol. The van der Waals surface area contributed by atoms with E-state index in [0.29, 0.717) is 27.3 Å². The molecule has 0 aliphatic heterocycles. The van der Waals surface area contributed by atoms with Crippen LogP contribution < -0.4 is 5.32 Å². The highest BCUT2D eigenvalue weighted by atomic mass is 35.5. The van der Waals surface area contributed by atoms with E-state index in [-0.39, 0.29) is 6.03 Å². The Hall–Kier alpha value is -2.01. The Labute approximate surface area is 227 Å². The molecule has 2 aromatic carbocycles. The fourth-order valence-corrected chi connectivity index (χ4v) is 7.95. The Kier molecular flexibility index (Phi) is 6.79. The van der Waals surface area contributed by atoms with E-state index in [1.807, 2.05) is 30.3 Å². The summed E-state index contributed by atoms with van der Waals surface area (Å²) in [7, 11) is 0. The molecule has 4 aliphatic rings. The Morgan fingerprint density at radius 3 is 2.22 bits per heavy atom. The number of rotatable bonds is 6. The van der Waals surface area contributed by atoms with E-state index >= 15 is 0 Å². The molecule has 0 radical (unpaired) electrons. The van der Waals surface area contributed by atoms with Crippen LogP contribution in [0.3, 0.4) is 0 Å². The van der Waals surface area contributed by atoms with Gasteiger partial charge in [-0.3, -0.25) is 0 Å². The number of benzene rings is 2. The standard InChI is InChI=1S/C29H30Cl3N3O/c30-22-5-3-19(4-6-22)26-16-35(34-28(26)25-8-7-23(31)15-27(25)32)29(36)33-9-1-2-24-20-11-17-10-18(13-20)14-21(24)12-17/h3-8,15-18,20-21,24H,1-2,9-14H2,(H,33,36). The minimum absolute atomic E-state index is 0.230. The number of nitrogens with zero attached hydrogens (tertiary/aromatic N) is 2. The Balaban J connectivity index is 1.16. The lowest BCUT2D eigenvalue weighted by molar-refractivity contribution is -0.0401. The summed E-state index contributed by atoms with van der Waals surface area (Å²) >= 11 is 18.7. The highest BCUT2D eigenvalue weighted by Crippen LogP contribution is 2.57. The second kappa shape index (κ2) is 10.0. The summed E-state index contributed by atoms with van der Waals surface area (Å²) in [6.45, 7) is 0.662. The predicted octanol–water partition coefficient (Wildman–Crippen LogP) is 8.59. The summed E-state index contributed by atoms with van der Waals surface area (Å²) in [5.74, 6) is 4.71. The molecular formula is C29H30Cl3N3O. The van der Waals surface area contributed by atoms with Gasteiger partial charge in [0.1, 0.15) is 5.69 Å². The number of carbonyl (C=O) groups is 1. The number of hydrogen-bond donors (Lipinski definition) is 1. The minimum atomic E-state index is -0.230. The first-order valence-electron chi connectivity index (χ1n) is 13.0. The highest BCUT2D eigenvalue weighted by Gasteiger charge is 2.47. The van der Waals surface area contributed by atoms with Crippen LogP contribution in [0.2, 0.25) is 15.1 Å². The number of halogens is 3. The molecule has 0 unspecified atom stereocenters. The van der Waals surface area contributed by atoms with Gasteiger partial charge in [-0.2, -0.15) is 9.78 Å². The van der Waals surface area contributed by atoms with E-state index in [9.17, 15) is 4.79 Å². The zero-order chi connectivity index (χ0) is 24.8. The molecule has 4 fully saturated rings. The smallest absolute Gasteiger partial charge is 0.336 e. The van der Waals surface area contributed by atoms with Crippen LogP contribution in [0.1, 0.15) is 44.9 Å². The monoisotopic (exact) mass is 541 g/mol. The van der Waals surface area contributed by atoms with Crippen molar-refractivity contribution in [1.82, 2.24) is 15.1 Å². The van der Waals surface area contributed by atoms with Gasteiger partial charge in [-0.05, 0) is 110 Å². The highest BCUT2D eigenvalue weighted by molar-refractivity contribution is 6.36. The van der Waals surface area contributed by atoms with E-state index in [1.165, 1.54) is 43.2 Å². The van der Waals surface area contributed by atoms with Crippen LogP contribution >= 0.6 is 34.8 Å². The SMILES string of the molecule is O=C(NCCCC1C2CC3CC(C2)CC1C3)n1cc(-c2ccc(Cl)cc2)c(-c2ccc(Cl)cc2Cl)n1. The van der Waals surface area contributed by atoms with E-state index in [2.05, 4.69) is 10.4 Å². The number of amides is 1. The van der Waals surface area contributed by atoms with Gasteiger partial charge in [0.15, 0.2) is 0 Å². The van der Waals surface area contributed by atoms with E-state index < -0.39 is 0 Å². The first-order chi connectivity index (χ1) is 17.4. The van der Waals surface area contributed by atoms with Crippen molar-refractivity contribution in [1.29, 1.82) is 0 Å². The van der Waals surface area contributed by atoms with Crippen LogP contribution in [-0.4, -0.2) is 22.4 Å². The normalized spacial score (nSPS) is 26.4. The van der Waals surface area contributed by atoms with Gasteiger partial charge >= 0.3 is 6.03 Å². The number of nitrogens with one attached hydrogen (secondary N) is 1. The molecule has 1 heterocycles. The summed E-state index contributed by atoms with van der Waals surface area (Å²) in [5.41, 5.74) is 3.06. The second-order valence-corrected chi connectivity index (χ2v) is 12.2. The molecule has 1 N–H and O–H groups in total. The van der Waals surface area contributed by atoms with E-state index in [1.54, 1.807) is 18.3 Å². The quantitative estimate of drug-likeness (QED) is 0.317. The first kappa shape index (κ1) is 24.3. The maximum atomic E-state index is 13.1. The maximum absolute atomic E-state index is 13.1. The molecule has 7 rings (SSSR count). The van der Waals surface area contributed by atoms with Crippen LogP contribution in [0.4, 0.5) is 4.79 Å². The van der Waals surface area contributed by atoms with Crippen LogP contribution in [0, 0.1) is 29.6 Å². The number of aromatic nitrogens is 2. The van der Waals surface area contributed by atoms with E-state index in [0.717, 1.165) is 52.7 Å². The zero-order valence-electron chi connectivity index (χ0n) is 20.1. The summed E-state index contributed by atoms with van der Waals surface area (Å²) in [6, 6.07) is 12.5. The van der Waals surface area contributed by atoms with Gasteiger partial charge in [-0.1, -0.05) is 46.9 Å². The van der Waals surface area contributed by atoms with Gasteiger partial charge in [0.25, 0.3) is 0 Å². The first-order valence-corrected chi connectivity index (χ1v) is 14.2. The van der Waals surface area contributed by atoms with Crippen molar-refractivity contribution in [3.05, 3.63) is 63.7 Å². The average Bonchev–Trinajstić information content (AvgIpc) is 3.28. The topological polar surface area (TPSA) is 46.9 Å². The summed E-state index contributed by atoms with van der Waals surface area (Å²) in [6.07, 6.45) is 11.3. The molecule has 1 amide bonds. The zero-order valence-corrected chi connectivity index (χ0v) is 22.4. The molecule has 4 nitrogen and oxygen atoms in total. The third-order valence-electron chi connectivity index (χ3n) is 8.68. The Bertz CT molecular complexity index is 1240. The van der Waals surface area contributed by atoms with Gasteiger partial charge in [-0.15, -0.1) is 0 Å². The molecular weight excluding hydrogens is 513 g/mol. The fourth-order valence-electron chi connectivity index (χ4n) is 7.32. The lowest BCUT2D eigenvalue weighted by Gasteiger charge is -2.54. The van der Waals surface area contributed by atoms with Gasteiger partial charge in [0.05, 0.1) is 5.02 Å². The molecule has 4 bridgehead atoms. The summed E-state index contributed by atoms with van der Waals surface area (Å²) in [5, 5.41) is 9.41. The maximum Gasteiger partial charge on any atom is 0.342 e. The number of hydrogen-bond acceptors (Lipinski definition) is 2. The molecule has 4 saturated carbocycles. The molecule has 4 aliphatic carbocycles. The average molecular weight is 543 g/mol. The molecule has 7 heteroatoms.